The first-order valence-corrected chi connectivity index (χ1v) is 12.3. The Kier molecular flexibility index (Phi) is 6.30. The summed E-state index contributed by atoms with van der Waals surface area (Å²) in [5.74, 6) is 0. The molecule has 8 heteroatoms. The van der Waals surface area contributed by atoms with Gasteiger partial charge >= 0.3 is 0 Å². The molecule has 2 atom stereocenters. The fraction of sp³-hybridized carbons (Fsp3) is 0.154. The number of aromatic nitrogens is 2. The van der Waals surface area contributed by atoms with Crippen LogP contribution in [-0.4, -0.2) is 14.7 Å². The van der Waals surface area contributed by atoms with E-state index in [9.17, 15) is 0 Å². The summed E-state index contributed by atoms with van der Waals surface area (Å²) in [7, 11) is 0. The third-order valence-corrected chi connectivity index (χ3v) is 7.54. The van der Waals surface area contributed by atoms with Crippen molar-refractivity contribution < 1.29 is 0 Å². The van der Waals surface area contributed by atoms with Gasteiger partial charge in [0.2, 0.25) is 0 Å². The van der Waals surface area contributed by atoms with Gasteiger partial charge in [-0.2, -0.15) is 0 Å². The number of hydrogen-bond donors (Lipinski definition) is 1. The molecule has 3 heterocycles. The molecule has 2 aromatic heterocycles. The molecule has 4 aromatic rings. The van der Waals surface area contributed by atoms with Crippen LogP contribution < -0.4 is 10.2 Å². The maximum atomic E-state index is 6.61. The number of thiocarbonyl (C=S) groups is 1. The third kappa shape index (κ3) is 3.97. The van der Waals surface area contributed by atoms with E-state index in [1.54, 1.807) is 12.3 Å². The van der Waals surface area contributed by atoms with Gasteiger partial charge in [0.15, 0.2) is 5.11 Å². The standard InChI is InChI=1S/C26H21Cl3N4S/c1-15-14-19(16(2)32(15)22-8-5-6-20(28)23(22)29)25-24(21-7-3-4-13-30-21)31-26(34)33(25)18-11-9-17(27)10-12-18/h3-14,24-25H,1-2H3,(H,31,34)/t24-,25+/m0/s1. The maximum absolute atomic E-state index is 6.61. The van der Waals surface area contributed by atoms with Crippen molar-refractivity contribution in [2.45, 2.75) is 25.9 Å². The molecule has 0 bridgehead atoms. The number of rotatable bonds is 4. The lowest BCUT2D eigenvalue weighted by atomic mass is 9.96. The number of nitrogens with one attached hydrogen (secondary N) is 1. The summed E-state index contributed by atoms with van der Waals surface area (Å²) >= 11 is 25.0. The molecular formula is C26H21Cl3N4S. The lowest BCUT2D eigenvalue weighted by molar-refractivity contribution is 0.565. The van der Waals surface area contributed by atoms with Crippen LogP contribution in [0.4, 0.5) is 5.69 Å². The number of hydrogen-bond acceptors (Lipinski definition) is 2. The molecular weight excluding hydrogens is 507 g/mol. The molecule has 0 spiro atoms. The van der Waals surface area contributed by atoms with Gasteiger partial charge in [-0.1, -0.05) is 46.9 Å². The Balaban J connectivity index is 1.70. The van der Waals surface area contributed by atoms with Gasteiger partial charge in [-0.3, -0.25) is 4.98 Å². The van der Waals surface area contributed by atoms with Crippen LogP contribution in [0.25, 0.3) is 5.69 Å². The highest BCUT2D eigenvalue weighted by Crippen LogP contribution is 2.44. The lowest BCUT2D eigenvalue weighted by Crippen LogP contribution is -2.29. The summed E-state index contributed by atoms with van der Waals surface area (Å²) < 4.78 is 2.14. The summed E-state index contributed by atoms with van der Waals surface area (Å²) in [6, 6.07) is 21.2. The van der Waals surface area contributed by atoms with Gasteiger partial charge < -0.3 is 14.8 Å². The Bertz CT molecular complexity index is 1370. The van der Waals surface area contributed by atoms with Crippen LogP contribution in [0, 0.1) is 13.8 Å². The lowest BCUT2D eigenvalue weighted by Gasteiger charge is -2.28. The van der Waals surface area contributed by atoms with E-state index < -0.39 is 0 Å². The fourth-order valence-corrected chi connectivity index (χ4v) is 5.53. The quantitative estimate of drug-likeness (QED) is 0.277. The average molecular weight is 528 g/mol. The van der Waals surface area contributed by atoms with Gasteiger partial charge in [0, 0.05) is 28.3 Å². The van der Waals surface area contributed by atoms with Crippen LogP contribution in [0.3, 0.4) is 0 Å². The minimum absolute atomic E-state index is 0.138. The molecule has 0 amide bonds. The van der Waals surface area contributed by atoms with Crippen molar-refractivity contribution in [3.8, 4) is 5.69 Å². The molecule has 1 N–H and O–H groups in total. The Morgan fingerprint density at radius 2 is 1.71 bits per heavy atom. The van der Waals surface area contributed by atoms with E-state index in [2.05, 4.69) is 39.7 Å². The highest BCUT2D eigenvalue weighted by Gasteiger charge is 2.42. The third-order valence-electron chi connectivity index (χ3n) is 6.16. The van der Waals surface area contributed by atoms with Crippen molar-refractivity contribution in [1.29, 1.82) is 0 Å². The fourth-order valence-electron chi connectivity index (χ4n) is 4.67. The minimum atomic E-state index is -0.145. The Morgan fingerprint density at radius 3 is 2.41 bits per heavy atom. The molecule has 4 nitrogen and oxygen atoms in total. The van der Waals surface area contributed by atoms with Crippen LogP contribution in [0.15, 0.2) is 72.9 Å². The first-order valence-electron chi connectivity index (χ1n) is 10.8. The predicted octanol–water partition coefficient (Wildman–Crippen LogP) is 7.63. The van der Waals surface area contributed by atoms with Crippen molar-refractivity contribution in [1.82, 2.24) is 14.9 Å². The highest BCUT2D eigenvalue weighted by atomic mass is 35.5. The Morgan fingerprint density at radius 1 is 0.941 bits per heavy atom. The number of pyridine rings is 1. The molecule has 0 radical (unpaired) electrons. The van der Waals surface area contributed by atoms with Crippen LogP contribution >= 0.6 is 47.0 Å². The molecule has 2 aromatic carbocycles. The van der Waals surface area contributed by atoms with Crippen molar-refractivity contribution in [3.05, 3.63) is 111 Å². The molecule has 1 fully saturated rings. The summed E-state index contributed by atoms with van der Waals surface area (Å²) in [5.41, 5.74) is 5.93. The molecule has 0 saturated carbocycles. The predicted molar refractivity (Wildman–Crippen MR) is 145 cm³/mol. The van der Waals surface area contributed by atoms with E-state index in [0.29, 0.717) is 20.2 Å². The van der Waals surface area contributed by atoms with Gasteiger partial charge in [0.05, 0.1) is 33.5 Å². The zero-order valence-electron chi connectivity index (χ0n) is 18.5. The molecule has 0 aliphatic carbocycles. The molecule has 1 aliphatic rings. The molecule has 34 heavy (non-hydrogen) atoms. The number of benzene rings is 2. The minimum Gasteiger partial charge on any atom is -0.351 e. The number of anilines is 1. The Hall–Kier alpha value is -2.57. The summed E-state index contributed by atoms with van der Waals surface area (Å²) in [6.45, 7) is 4.16. The van der Waals surface area contributed by atoms with E-state index in [1.165, 1.54) is 0 Å². The van der Waals surface area contributed by atoms with Crippen molar-refractivity contribution >= 4 is 57.8 Å². The molecule has 1 aliphatic heterocycles. The van der Waals surface area contributed by atoms with E-state index in [4.69, 9.17) is 47.0 Å². The topological polar surface area (TPSA) is 33.1 Å². The largest absolute Gasteiger partial charge is 0.351 e. The maximum Gasteiger partial charge on any atom is 0.174 e. The zero-order valence-corrected chi connectivity index (χ0v) is 21.6. The van der Waals surface area contributed by atoms with Gasteiger partial charge in [-0.25, -0.2) is 0 Å². The molecule has 172 valence electrons. The number of halogens is 3. The summed E-state index contributed by atoms with van der Waals surface area (Å²) in [5, 5.41) is 5.85. The average Bonchev–Trinajstić information content (AvgIpc) is 3.32. The van der Waals surface area contributed by atoms with E-state index in [1.807, 2.05) is 54.6 Å². The van der Waals surface area contributed by atoms with Gasteiger partial charge in [-0.05, 0) is 86.2 Å². The van der Waals surface area contributed by atoms with Crippen molar-refractivity contribution in [3.63, 3.8) is 0 Å². The van der Waals surface area contributed by atoms with Crippen LogP contribution in [0.5, 0.6) is 0 Å². The van der Waals surface area contributed by atoms with Crippen molar-refractivity contribution in [2.75, 3.05) is 4.90 Å². The number of nitrogens with zero attached hydrogens (tertiary/aromatic N) is 3. The first kappa shape index (κ1) is 23.2. The highest BCUT2D eigenvalue weighted by molar-refractivity contribution is 7.80. The van der Waals surface area contributed by atoms with Gasteiger partial charge in [0.25, 0.3) is 0 Å². The smallest absolute Gasteiger partial charge is 0.174 e. The van der Waals surface area contributed by atoms with Crippen molar-refractivity contribution in [2.24, 2.45) is 0 Å². The van der Waals surface area contributed by atoms with Crippen LogP contribution in [0.2, 0.25) is 15.1 Å². The molecule has 5 rings (SSSR count). The zero-order chi connectivity index (χ0) is 24.0. The first-order chi connectivity index (χ1) is 16.4. The van der Waals surface area contributed by atoms with E-state index >= 15 is 0 Å². The molecule has 1 saturated heterocycles. The second-order valence-electron chi connectivity index (χ2n) is 8.21. The Labute approximate surface area is 219 Å². The van der Waals surface area contributed by atoms with E-state index in [-0.39, 0.29) is 12.1 Å². The SMILES string of the molecule is Cc1cc([C@@H]2[C@H](c3ccccn3)NC(=S)N2c2ccc(Cl)cc2)c(C)n1-c1cccc(Cl)c1Cl. The van der Waals surface area contributed by atoms with Crippen LogP contribution in [-0.2, 0) is 0 Å². The summed E-state index contributed by atoms with van der Waals surface area (Å²) in [4.78, 5) is 6.78. The monoisotopic (exact) mass is 526 g/mol. The van der Waals surface area contributed by atoms with Gasteiger partial charge in [0.1, 0.15) is 0 Å². The molecule has 0 unspecified atom stereocenters. The van der Waals surface area contributed by atoms with E-state index in [0.717, 1.165) is 34.0 Å². The normalized spacial score (nSPS) is 17.8. The van der Waals surface area contributed by atoms with Gasteiger partial charge in [-0.15, -0.1) is 0 Å². The summed E-state index contributed by atoms with van der Waals surface area (Å²) in [6.07, 6.45) is 1.80. The second-order valence-corrected chi connectivity index (χ2v) is 9.82. The number of aryl methyl sites for hydroxylation is 1. The second kappa shape index (κ2) is 9.23. The van der Waals surface area contributed by atoms with Crippen LogP contribution in [0.1, 0.15) is 34.7 Å².